The minimum atomic E-state index is -0.806. The highest BCUT2D eigenvalue weighted by atomic mass is 19.1. The molecule has 1 saturated heterocycles. The molecule has 1 aliphatic rings. The Bertz CT molecular complexity index is 356. The van der Waals surface area contributed by atoms with Crippen LogP contribution < -0.4 is 5.32 Å². The summed E-state index contributed by atoms with van der Waals surface area (Å²) < 4.78 is 13.8. The summed E-state index contributed by atoms with van der Waals surface area (Å²) >= 11 is 0. The molecular formula is C12H18FN3. The number of alkyl halides is 1. The summed E-state index contributed by atoms with van der Waals surface area (Å²) in [6.45, 7) is 3.44. The smallest absolute Gasteiger partial charge is 0.133 e. The molecule has 0 spiro atoms. The summed E-state index contributed by atoms with van der Waals surface area (Å²) in [6, 6.07) is 1.91. The number of hydrogen-bond acceptors (Lipinski definition) is 3. The number of aryl methyl sites for hydroxylation is 1. The Labute approximate surface area is 95.7 Å². The van der Waals surface area contributed by atoms with Gasteiger partial charge in [0, 0.05) is 25.5 Å². The first-order chi connectivity index (χ1) is 7.65. The maximum absolute atomic E-state index is 13.8. The molecule has 1 unspecified atom stereocenters. The fourth-order valence-electron chi connectivity index (χ4n) is 2.07. The fourth-order valence-corrected chi connectivity index (χ4v) is 2.07. The van der Waals surface area contributed by atoms with Gasteiger partial charge in [-0.1, -0.05) is 0 Å². The van der Waals surface area contributed by atoms with Crippen LogP contribution in [0.5, 0.6) is 0 Å². The Hall–Kier alpha value is -1.16. The van der Waals surface area contributed by atoms with Crippen LogP contribution in [0, 0.1) is 6.92 Å². The maximum atomic E-state index is 13.8. The minimum Gasteiger partial charge on any atom is -0.378 e. The average Bonchev–Trinajstić information content (AvgIpc) is 2.22. The molecule has 2 rings (SSSR count). The summed E-state index contributed by atoms with van der Waals surface area (Å²) in [5, 5.41) is 3.23. The van der Waals surface area contributed by atoms with E-state index in [1.807, 2.05) is 24.9 Å². The summed E-state index contributed by atoms with van der Waals surface area (Å²) in [7, 11) is 1.96. The van der Waals surface area contributed by atoms with Crippen molar-refractivity contribution in [3.63, 3.8) is 0 Å². The van der Waals surface area contributed by atoms with E-state index < -0.39 is 6.17 Å². The van der Waals surface area contributed by atoms with Crippen molar-refractivity contribution in [3.05, 3.63) is 24.0 Å². The molecule has 4 heteroatoms. The lowest BCUT2D eigenvalue weighted by Crippen LogP contribution is -2.46. The van der Waals surface area contributed by atoms with E-state index in [0.717, 1.165) is 24.2 Å². The van der Waals surface area contributed by atoms with Gasteiger partial charge in [0.1, 0.15) is 6.17 Å². The molecule has 88 valence electrons. The van der Waals surface area contributed by atoms with Crippen LogP contribution in [0.25, 0.3) is 0 Å². The van der Waals surface area contributed by atoms with Gasteiger partial charge in [0.25, 0.3) is 0 Å². The SMILES string of the molecule is Cc1cncc(NC2CCN(C)C[C@H]2F)c1. The topological polar surface area (TPSA) is 28.2 Å². The number of rotatable bonds is 2. The fraction of sp³-hybridized carbons (Fsp3) is 0.583. The lowest BCUT2D eigenvalue weighted by molar-refractivity contribution is 0.149. The van der Waals surface area contributed by atoms with E-state index in [2.05, 4.69) is 10.3 Å². The standard InChI is InChI=1S/C12H18FN3/c1-9-5-10(7-14-6-9)15-12-3-4-16(2)8-11(12)13/h5-7,11-12,15H,3-4,8H2,1-2H3/t11-,12?/m1/s1. The number of piperidine rings is 1. The van der Waals surface area contributed by atoms with Gasteiger partial charge in [-0.15, -0.1) is 0 Å². The molecule has 0 amide bonds. The van der Waals surface area contributed by atoms with Crippen LogP contribution in [-0.2, 0) is 0 Å². The van der Waals surface area contributed by atoms with E-state index in [1.165, 1.54) is 0 Å². The summed E-state index contributed by atoms with van der Waals surface area (Å²) in [6.07, 6.45) is 3.58. The first-order valence-corrected chi connectivity index (χ1v) is 5.66. The monoisotopic (exact) mass is 223 g/mol. The third kappa shape index (κ3) is 2.70. The number of anilines is 1. The van der Waals surface area contributed by atoms with Crippen LogP contribution in [0.2, 0.25) is 0 Å². The maximum Gasteiger partial charge on any atom is 0.133 e. The van der Waals surface area contributed by atoms with Crippen molar-refractivity contribution in [2.24, 2.45) is 0 Å². The molecule has 0 aromatic carbocycles. The van der Waals surface area contributed by atoms with Crippen molar-refractivity contribution < 1.29 is 4.39 Å². The van der Waals surface area contributed by atoms with E-state index in [1.54, 1.807) is 12.4 Å². The van der Waals surface area contributed by atoms with E-state index in [-0.39, 0.29) is 6.04 Å². The highest BCUT2D eigenvalue weighted by molar-refractivity contribution is 5.43. The molecule has 1 aliphatic heterocycles. The number of nitrogens with one attached hydrogen (secondary N) is 1. The van der Waals surface area contributed by atoms with E-state index in [9.17, 15) is 4.39 Å². The highest BCUT2D eigenvalue weighted by Gasteiger charge is 2.27. The molecule has 0 saturated carbocycles. The van der Waals surface area contributed by atoms with Gasteiger partial charge in [0.05, 0.1) is 11.7 Å². The van der Waals surface area contributed by atoms with Crippen LogP contribution in [0.3, 0.4) is 0 Å². The largest absolute Gasteiger partial charge is 0.378 e. The second-order valence-electron chi connectivity index (χ2n) is 4.57. The van der Waals surface area contributed by atoms with Crippen LogP contribution >= 0.6 is 0 Å². The van der Waals surface area contributed by atoms with Crippen molar-refractivity contribution in [3.8, 4) is 0 Å². The molecule has 3 nitrogen and oxygen atoms in total. The van der Waals surface area contributed by atoms with Crippen molar-refractivity contribution in [2.75, 3.05) is 25.5 Å². The third-order valence-electron chi connectivity index (χ3n) is 2.97. The quantitative estimate of drug-likeness (QED) is 0.829. The first-order valence-electron chi connectivity index (χ1n) is 5.66. The molecular weight excluding hydrogens is 205 g/mol. The molecule has 0 bridgehead atoms. The van der Waals surface area contributed by atoms with E-state index >= 15 is 0 Å². The van der Waals surface area contributed by atoms with Crippen LogP contribution in [0.1, 0.15) is 12.0 Å². The number of halogens is 1. The van der Waals surface area contributed by atoms with Gasteiger partial charge in [-0.05, 0) is 32.0 Å². The number of likely N-dealkylation sites (tertiary alicyclic amines) is 1. The predicted molar refractivity (Wildman–Crippen MR) is 63.4 cm³/mol. The number of nitrogens with zero attached hydrogens (tertiary/aromatic N) is 2. The van der Waals surface area contributed by atoms with Gasteiger partial charge < -0.3 is 10.2 Å². The normalized spacial score (nSPS) is 26.7. The Balaban J connectivity index is 1.99. The van der Waals surface area contributed by atoms with Crippen molar-refractivity contribution >= 4 is 5.69 Å². The van der Waals surface area contributed by atoms with Crippen molar-refractivity contribution in [1.29, 1.82) is 0 Å². The predicted octanol–water partition coefficient (Wildman–Crippen LogP) is 1.84. The Morgan fingerprint density at radius 2 is 2.31 bits per heavy atom. The summed E-state index contributed by atoms with van der Waals surface area (Å²) in [5.41, 5.74) is 2.01. The lowest BCUT2D eigenvalue weighted by Gasteiger charge is -2.33. The zero-order valence-corrected chi connectivity index (χ0v) is 9.78. The first kappa shape index (κ1) is 11.3. The third-order valence-corrected chi connectivity index (χ3v) is 2.97. The van der Waals surface area contributed by atoms with Crippen LogP contribution in [0.4, 0.5) is 10.1 Å². The molecule has 0 radical (unpaired) electrons. The molecule has 2 heterocycles. The molecule has 1 aromatic heterocycles. The van der Waals surface area contributed by atoms with Crippen LogP contribution in [0.15, 0.2) is 18.5 Å². The van der Waals surface area contributed by atoms with Crippen LogP contribution in [-0.4, -0.2) is 42.2 Å². The van der Waals surface area contributed by atoms with E-state index in [0.29, 0.717) is 6.54 Å². The molecule has 0 aliphatic carbocycles. The van der Waals surface area contributed by atoms with Gasteiger partial charge in [0.15, 0.2) is 0 Å². The number of aromatic nitrogens is 1. The summed E-state index contributed by atoms with van der Waals surface area (Å²) in [5.74, 6) is 0. The van der Waals surface area contributed by atoms with Crippen molar-refractivity contribution in [1.82, 2.24) is 9.88 Å². The van der Waals surface area contributed by atoms with Gasteiger partial charge in [-0.2, -0.15) is 0 Å². The molecule has 1 aromatic rings. The van der Waals surface area contributed by atoms with Gasteiger partial charge in [-0.25, -0.2) is 4.39 Å². The van der Waals surface area contributed by atoms with Gasteiger partial charge >= 0.3 is 0 Å². The second kappa shape index (κ2) is 4.78. The van der Waals surface area contributed by atoms with Gasteiger partial charge in [0.2, 0.25) is 0 Å². The molecule has 16 heavy (non-hydrogen) atoms. The van der Waals surface area contributed by atoms with Gasteiger partial charge in [-0.3, -0.25) is 4.98 Å². The lowest BCUT2D eigenvalue weighted by atomic mass is 10.0. The Morgan fingerprint density at radius 1 is 1.50 bits per heavy atom. The average molecular weight is 223 g/mol. The Morgan fingerprint density at radius 3 is 3.00 bits per heavy atom. The van der Waals surface area contributed by atoms with E-state index in [4.69, 9.17) is 0 Å². The number of hydrogen-bond donors (Lipinski definition) is 1. The number of pyridine rings is 1. The molecule has 1 N–H and O–H groups in total. The van der Waals surface area contributed by atoms with Crippen molar-refractivity contribution in [2.45, 2.75) is 25.6 Å². The second-order valence-corrected chi connectivity index (χ2v) is 4.57. The zero-order chi connectivity index (χ0) is 11.5. The minimum absolute atomic E-state index is 0.0835. The Kier molecular flexibility index (Phi) is 3.39. The highest BCUT2D eigenvalue weighted by Crippen LogP contribution is 2.18. The molecule has 1 fully saturated rings. The zero-order valence-electron chi connectivity index (χ0n) is 9.78. The summed E-state index contributed by atoms with van der Waals surface area (Å²) in [4.78, 5) is 6.12. The molecule has 2 atom stereocenters.